The highest BCUT2D eigenvalue weighted by Crippen LogP contribution is 2.56. The van der Waals surface area contributed by atoms with Crippen LogP contribution in [0.2, 0.25) is 0 Å². The highest BCUT2D eigenvalue weighted by atomic mass is 16.2. The smallest absolute Gasteiger partial charge is 0.228 e. The molecule has 3 aliphatic rings. The van der Waals surface area contributed by atoms with Crippen molar-refractivity contribution in [2.45, 2.75) is 40.0 Å². The average molecular weight is 307 g/mol. The number of hydrogen-bond acceptors (Lipinski definition) is 3. The zero-order valence-electron chi connectivity index (χ0n) is 14.2. The molecule has 3 aliphatic heterocycles. The Labute approximate surface area is 133 Å². The topological polar surface area (TPSA) is 52.7 Å². The first-order chi connectivity index (χ1) is 10.4. The Morgan fingerprint density at radius 1 is 1.23 bits per heavy atom. The van der Waals surface area contributed by atoms with Crippen LogP contribution in [0.1, 0.15) is 40.0 Å². The van der Waals surface area contributed by atoms with E-state index in [-0.39, 0.29) is 22.6 Å². The molecule has 0 saturated carbocycles. The number of rotatable bonds is 2. The van der Waals surface area contributed by atoms with Gasteiger partial charge >= 0.3 is 0 Å². The molecule has 0 aromatic rings. The van der Waals surface area contributed by atoms with E-state index in [9.17, 15) is 9.59 Å². The van der Waals surface area contributed by atoms with Gasteiger partial charge in [-0.3, -0.25) is 9.59 Å². The fourth-order valence-electron chi connectivity index (χ4n) is 5.05. The molecule has 2 amide bonds. The van der Waals surface area contributed by atoms with Crippen LogP contribution >= 0.6 is 0 Å². The van der Waals surface area contributed by atoms with E-state index in [2.05, 4.69) is 24.1 Å². The number of likely N-dealkylation sites (tertiary alicyclic amines) is 2. The summed E-state index contributed by atoms with van der Waals surface area (Å²) in [5.41, 5.74) is -0.154. The lowest BCUT2D eigenvalue weighted by molar-refractivity contribution is -0.137. The third-order valence-electron chi connectivity index (χ3n) is 6.10. The van der Waals surface area contributed by atoms with Crippen LogP contribution in [0, 0.1) is 16.7 Å². The van der Waals surface area contributed by atoms with Crippen molar-refractivity contribution >= 4 is 11.8 Å². The Morgan fingerprint density at radius 2 is 1.91 bits per heavy atom. The minimum atomic E-state index is -0.217. The summed E-state index contributed by atoms with van der Waals surface area (Å²) in [6.45, 7) is 11.5. The summed E-state index contributed by atoms with van der Waals surface area (Å²) in [4.78, 5) is 28.8. The Balaban J connectivity index is 1.84. The summed E-state index contributed by atoms with van der Waals surface area (Å²) in [6, 6.07) is 0. The second kappa shape index (κ2) is 5.52. The fraction of sp³-hybridized carbons (Fsp3) is 0.882. The van der Waals surface area contributed by atoms with Gasteiger partial charge in [0, 0.05) is 51.6 Å². The fourth-order valence-corrected chi connectivity index (χ4v) is 5.05. The van der Waals surface area contributed by atoms with Crippen molar-refractivity contribution in [1.82, 2.24) is 15.1 Å². The number of carbonyl (C=O) groups excluding carboxylic acids is 2. The predicted octanol–water partition coefficient (Wildman–Crippen LogP) is 1.09. The summed E-state index contributed by atoms with van der Waals surface area (Å²) in [7, 11) is 0. The van der Waals surface area contributed by atoms with E-state index in [1.165, 1.54) is 0 Å². The molecule has 3 saturated heterocycles. The van der Waals surface area contributed by atoms with Gasteiger partial charge in [0.25, 0.3) is 0 Å². The first-order valence-electron chi connectivity index (χ1n) is 8.65. The second-order valence-corrected chi connectivity index (χ2v) is 7.94. The third kappa shape index (κ3) is 2.34. The van der Waals surface area contributed by atoms with E-state index in [0.29, 0.717) is 5.92 Å². The highest BCUT2D eigenvalue weighted by molar-refractivity contribution is 5.86. The maximum absolute atomic E-state index is 12.7. The number of nitrogens with one attached hydrogen (secondary N) is 1. The maximum atomic E-state index is 12.7. The normalized spacial score (nSPS) is 31.5. The minimum absolute atomic E-state index is 0.0639. The van der Waals surface area contributed by atoms with Gasteiger partial charge in [0.1, 0.15) is 0 Å². The SMILES string of the molecule is CC(=O)N1CCC2(CC1)CN(CC(C)C)C[C@]21CCNC1=O. The van der Waals surface area contributed by atoms with Crippen LogP contribution in [0.4, 0.5) is 0 Å². The van der Waals surface area contributed by atoms with Gasteiger partial charge in [0.05, 0.1) is 5.41 Å². The molecule has 3 fully saturated rings. The van der Waals surface area contributed by atoms with Gasteiger partial charge in [-0.2, -0.15) is 0 Å². The van der Waals surface area contributed by atoms with Gasteiger partial charge < -0.3 is 15.1 Å². The van der Waals surface area contributed by atoms with Gasteiger partial charge in [0.15, 0.2) is 0 Å². The summed E-state index contributed by atoms with van der Waals surface area (Å²) < 4.78 is 0. The first kappa shape index (κ1) is 15.8. The number of nitrogens with zero attached hydrogens (tertiary/aromatic N) is 2. The quantitative estimate of drug-likeness (QED) is 0.831. The summed E-state index contributed by atoms with van der Waals surface area (Å²) in [5, 5.41) is 3.09. The van der Waals surface area contributed by atoms with Crippen LogP contribution in [0.3, 0.4) is 0 Å². The Hall–Kier alpha value is -1.10. The van der Waals surface area contributed by atoms with Crippen molar-refractivity contribution in [3.05, 3.63) is 0 Å². The second-order valence-electron chi connectivity index (χ2n) is 7.94. The average Bonchev–Trinajstić information content (AvgIpc) is 2.93. The van der Waals surface area contributed by atoms with Crippen molar-refractivity contribution < 1.29 is 9.59 Å². The molecular weight excluding hydrogens is 278 g/mol. The van der Waals surface area contributed by atoms with E-state index in [1.54, 1.807) is 6.92 Å². The maximum Gasteiger partial charge on any atom is 0.228 e. The highest BCUT2D eigenvalue weighted by Gasteiger charge is 2.63. The molecule has 2 spiro atoms. The molecule has 0 aromatic carbocycles. The Morgan fingerprint density at radius 3 is 2.41 bits per heavy atom. The van der Waals surface area contributed by atoms with E-state index >= 15 is 0 Å². The lowest BCUT2D eigenvalue weighted by Gasteiger charge is -2.46. The number of amides is 2. The largest absolute Gasteiger partial charge is 0.356 e. The van der Waals surface area contributed by atoms with Crippen LogP contribution in [-0.4, -0.2) is 60.9 Å². The lowest BCUT2D eigenvalue weighted by Crippen LogP contribution is -2.53. The molecule has 3 heterocycles. The minimum Gasteiger partial charge on any atom is -0.356 e. The monoisotopic (exact) mass is 307 g/mol. The molecule has 5 nitrogen and oxygen atoms in total. The molecule has 0 aliphatic carbocycles. The van der Waals surface area contributed by atoms with Crippen LogP contribution < -0.4 is 5.32 Å². The van der Waals surface area contributed by atoms with Crippen LogP contribution in [-0.2, 0) is 9.59 Å². The molecule has 0 bridgehead atoms. The van der Waals surface area contributed by atoms with Gasteiger partial charge in [-0.05, 0) is 25.2 Å². The van der Waals surface area contributed by atoms with Crippen molar-refractivity contribution in [3.63, 3.8) is 0 Å². The van der Waals surface area contributed by atoms with Crippen molar-refractivity contribution in [3.8, 4) is 0 Å². The van der Waals surface area contributed by atoms with Gasteiger partial charge in [-0.15, -0.1) is 0 Å². The van der Waals surface area contributed by atoms with E-state index < -0.39 is 0 Å². The van der Waals surface area contributed by atoms with Crippen LogP contribution in [0.15, 0.2) is 0 Å². The molecule has 0 unspecified atom stereocenters. The van der Waals surface area contributed by atoms with Crippen molar-refractivity contribution in [2.24, 2.45) is 16.7 Å². The molecule has 1 N–H and O–H groups in total. The lowest BCUT2D eigenvalue weighted by atomic mass is 9.60. The Kier molecular flexibility index (Phi) is 3.96. The molecule has 0 aromatic heterocycles. The van der Waals surface area contributed by atoms with Crippen molar-refractivity contribution in [1.29, 1.82) is 0 Å². The first-order valence-corrected chi connectivity index (χ1v) is 8.65. The molecule has 3 rings (SSSR count). The van der Waals surface area contributed by atoms with Crippen molar-refractivity contribution in [2.75, 3.05) is 39.3 Å². The predicted molar refractivity (Wildman–Crippen MR) is 85.3 cm³/mol. The number of hydrogen-bond donors (Lipinski definition) is 1. The molecule has 124 valence electrons. The van der Waals surface area contributed by atoms with E-state index in [1.807, 2.05) is 4.90 Å². The molecule has 1 atom stereocenters. The molecule has 0 radical (unpaired) electrons. The molecular formula is C17H29N3O2. The standard InChI is InChI=1S/C17H29N3O2/c1-13(2)10-19-11-16(5-8-20(9-6-16)14(3)21)17(12-19)4-7-18-15(17)22/h13H,4-12H2,1-3H3,(H,18,22)/t17-/m0/s1. The van der Waals surface area contributed by atoms with E-state index in [0.717, 1.165) is 58.5 Å². The zero-order valence-corrected chi connectivity index (χ0v) is 14.2. The summed E-state index contributed by atoms with van der Waals surface area (Å²) in [6.07, 6.45) is 2.89. The number of fused-ring (bicyclic) bond motifs is 1. The zero-order chi connectivity index (χ0) is 16.0. The van der Waals surface area contributed by atoms with Crippen LogP contribution in [0.25, 0.3) is 0 Å². The van der Waals surface area contributed by atoms with Crippen LogP contribution in [0.5, 0.6) is 0 Å². The summed E-state index contributed by atoms with van der Waals surface area (Å²) in [5.74, 6) is 1.04. The molecule has 5 heteroatoms. The summed E-state index contributed by atoms with van der Waals surface area (Å²) >= 11 is 0. The number of piperidine rings is 1. The molecule has 22 heavy (non-hydrogen) atoms. The number of carbonyl (C=O) groups is 2. The van der Waals surface area contributed by atoms with E-state index in [4.69, 9.17) is 0 Å². The Bertz CT molecular complexity index is 469. The third-order valence-corrected chi connectivity index (χ3v) is 6.10. The van der Waals surface area contributed by atoms with Gasteiger partial charge in [-0.25, -0.2) is 0 Å². The van der Waals surface area contributed by atoms with Gasteiger partial charge in [0.2, 0.25) is 11.8 Å². The van der Waals surface area contributed by atoms with Gasteiger partial charge in [-0.1, -0.05) is 13.8 Å².